The van der Waals surface area contributed by atoms with E-state index in [9.17, 15) is 9.90 Å². The molecular formula is C14H29NO2. The molecule has 0 heterocycles. The number of carboxylic acid groups (broad SMARTS) is 1. The lowest BCUT2D eigenvalue weighted by atomic mass is 9.87. The van der Waals surface area contributed by atoms with Gasteiger partial charge in [-0.05, 0) is 32.1 Å². The van der Waals surface area contributed by atoms with Gasteiger partial charge in [0.15, 0.2) is 0 Å². The zero-order valence-electron chi connectivity index (χ0n) is 12.0. The molecule has 1 atom stereocenters. The third-order valence-corrected chi connectivity index (χ3v) is 3.11. The first-order chi connectivity index (χ1) is 7.88. The summed E-state index contributed by atoms with van der Waals surface area (Å²) in [5.74, 6) is -0.107. The van der Waals surface area contributed by atoms with E-state index in [4.69, 9.17) is 0 Å². The molecule has 0 aliphatic carbocycles. The third-order valence-electron chi connectivity index (χ3n) is 3.11. The van der Waals surface area contributed by atoms with Gasteiger partial charge in [-0.3, -0.25) is 10.1 Å². The van der Waals surface area contributed by atoms with Crippen LogP contribution in [0.15, 0.2) is 0 Å². The van der Waals surface area contributed by atoms with Crippen molar-refractivity contribution in [2.45, 2.75) is 78.3 Å². The van der Waals surface area contributed by atoms with E-state index in [1.807, 2.05) is 13.8 Å². The predicted molar refractivity (Wildman–Crippen MR) is 72.2 cm³/mol. The van der Waals surface area contributed by atoms with E-state index in [2.05, 4.69) is 26.1 Å². The monoisotopic (exact) mass is 243 g/mol. The SMILES string of the molecule is CCCC(CCC)(NC(C)CC(C)C)C(=O)O. The highest BCUT2D eigenvalue weighted by atomic mass is 16.4. The molecule has 0 spiro atoms. The molecule has 0 aromatic carbocycles. The molecule has 1 unspecified atom stereocenters. The lowest BCUT2D eigenvalue weighted by Crippen LogP contribution is -2.55. The highest BCUT2D eigenvalue weighted by molar-refractivity contribution is 5.78. The van der Waals surface area contributed by atoms with Crippen LogP contribution in [0.2, 0.25) is 0 Å². The van der Waals surface area contributed by atoms with Crippen LogP contribution < -0.4 is 5.32 Å². The second-order valence-corrected chi connectivity index (χ2v) is 5.56. The molecule has 0 aromatic heterocycles. The maximum absolute atomic E-state index is 11.6. The molecule has 102 valence electrons. The zero-order valence-corrected chi connectivity index (χ0v) is 12.0. The van der Waals surface area contributed by atoms with Crippen LogP contribution in [-0.4, -0.2) is 22.7 Å². The first-order valence-corrected chi connectivity index (χ1v) is 6.89. The third kappa shape index (κ3) is 5.53. The van der Waals surface area contributed by atoms with E-state index in [0.29, 0.717) is 18.8 Å². The minimum absolute atomic E-state index is 0.254. The van der Waals surface area contributed by atoms with Crippen molar-refractivity contribution < 1.29 is 9.90 Å². The highest BCUT2D eigenvalue weighted by Crippen LogP contribution is 2.22. The quantitative estimate of drug-likeness (QED) is 0.652. The van der Waals surface area contributed by atoms with E-state index in [1.165, 1.54) is 0 Å². The molecule has 2 N–H and O–H groups in total. The summed E-state index contributed by atoms with van der Waals surface area (Å²) in [6.07, 6.45) is 4.22. The molecule has 3 nitrogen and oxygen atoms in total. The van der Waals surface area contributed by atoms with Crippen LogP contribution in [0.5, 0.6) is 0 Å². The summed E-state index contributed by atoms with van der Waals surface area (Å²) >= 11 is 0. The van der Waals surface area contributed by atoms with Gasteiger partial charge in [0.25, 0.3) is 0 Å². The van der Waals surface area contributed by atoms with Crippen molar-refractivity contribution in [2.24, 2.45) is 5.92 Å². The Labute approximate surface area is 106 Å². The molecule has 17 heavy (non-hydrogen) atoms. The van der Waals surface area contributed by atoms with Crippen LogP contribution in [-0.2, 0) is 4.79 Å². The molecule has 0 radical (unpaired) electrons. The number of carbonyl (C=O) groups is 1. The number of nitrogens with one attached hydrogen (secondary N) is 1. The van der Waals surface area contributed by atoms with Crippen molar-refractivity contribution in [2.75, 3.05) is 0 Å². The van der Waals surface area contributed by atoms with Gasteiger partial charge in [0.2, 0.25) is 0 Å². The topological polar surface area (TPSA) is 49.3 Å². The Balaban J connectivity index is 4.70. The smallest absolute Gasteiger partial charge is 0.323 e. The summed E-state index contributed by atoms with van der Waals surface area (Å²) in [5, 5.41) is 12.9. The second-order valence-electron chi connectivity index (χ2n) is 5.56. The van der Waals surface area contributed by atoms with Crippen LogP contribution in [0.1, 0.15) is 66.7 Å². The van der Waals surface area contributed by atoms with Crippen molar-refractivity contribution in [3.63, 3.8) is 0 Å². The number of rotatable bonds is 9. The average molecular weight is 243 g/mol. The van der Waals surface area contributed by atoms with Crippen molar-refractivity contribution in [1.82, 2.24) is 5.32 Å². The second kappa shape index (κ2) is 7.70. The van der Waals surface area contributed by atoms with Gasteiger partial charge in [-0.1, -0.05) is 40.5 Å². The van der Waals surface area contributed by atoms with Gasteiger partial charge < -0.3 is 5.11 Å². The van der Waals surface area contributed by atoms with Crippen LogP contribution in [0.3, 0.4) is 0 Å². The lowest BCUT2D eigenvalue weighted by Gasteiger charge is -2.34. The zero-order chi connectivity index (χ0) is 13.5. The average Bonchev–Trinajstić information content (AvgIpc) is 2.16. The largest absolute Gasteiger partial charge is 0.480 e. The standard InChI is InChI=1S/C14H29NO2/c1-6-8-14(9-7-2,13(16)17)15-12(5)10-11(3)4/h11-12,15H,6-10H2,1-5H3,(H,16,17). The fraction of sp³-hybridized carbons (Fsp3) is 0.929. The summed E-state index contributed by atoms with van der Waals surface area (Å²) in [5.41, 5.74) is -0.724. The van der Waals surface area contributed by atoms with Gasteiger partial charge in [-0.25, -0.2) is 0 Å². The fourth-order valence-corrected chi connectivity index (χ4v) is 2.64. The molecule has 0 aromatic rings. The van der Waals surface area contributed by atoms with Crippen molar-refractivity contribution in [1.29, 1.82) is 0 Å². The lowest BCUT2D eigenvalue weighted by molar-refractivity contribution is -0.146. The molecular weight excluding hydrogens is 214 g/mol. The summed E-state index contributed by atoms with van der Waals surface area (Å²) in [4.78, 5) is 11.6. The number of carboxylic acids is 1. The summed E-state index contributed by atoms with van der Waals surface area (Å²) in [7, 11) is 0. The molecule has 0 saturated heterocycles. The molecule has 0 saturated carbocycles. The molecule has 0 aliphatic rings. The first-order valence-electron chi connectivity index (χ1n) is 6.89. The van der Waals surface area contributed by atoms with Crippen LogP contribution >= 0.6 is 0 Å². The predicted octanol–water partition coefficient (Wildman–Crippen LogP) is 3.43. The van der Waals surface area contributed by atoms with Gasteiger partial charge in [0.1, 0.15) is 5.54 Å². The molecule has 0 aliphatic heterocycles. The Kier molecular flexibility index (Phi) is 7.44. The van der Waals surface area contributed by atoms with E-state index >= 15 is 0 Å². The Morgan fingerprint density at radius 2 is 1.65 bits per heavy atom. The Bertz CT molecular complexity index is 220. The molecule has 0 bridgehead atoms. The molecule has 0 rings (SSSR count). The van der Waals surface area contributed by atoms with Crippen molar-refractivity contribution in [3.8, 4) is 0 Å². The summed E-state index contributed by atoms with van der Waals surface area (Å²) < 4.78 is 0. The molecule has 0 amide bonds. The van der Waals surface area contributed by atoms with E-state index < -0.39 is 11.5 Å². The number of hydrogen-bond donors (Lipinski definition) is 2. The van der Waals surface area contributed by atoms with Gasteiger partial charge in [0, 0.05) is 6.04 Å². The van der Waals surface area contributed by atoms with Gasteiger partial charge in [-0.2, -0.15) is 0 Å². The number of hydrogen-bond acceptors (Lipinski definition) is 2. The van der Waals surface area contributed by atoms with Gasteiger partial charge in [-0.15, -0.1) is 0 Å². The van der Waals surface area contributed by atoms with E-state index in [0.717, 1.165) is 19.3 Å². The van der Waals surface area contributed by atoms with Gasteiger partial charge >= 0.3 is 5.97 Å². The van der Waals surface area contributed by atoms with Crippen LogP contribution in [0, 0.1) is 5.92 Å². The summed E-state index contributed by atoms with van der Waals surface area (Å²) in [6, 6.07) is 0.254. The van der Waals surface area contributed by atoms with E-state index in [1.54, 1.807) is 0 Å². The Morgan fingerprint density at radius 1 is 1.18 bits per heavy atom. The fourth-order valence-electron chi connectivity index (χ4n) is 2.64. The maximum Gasteiger partial charge on any atom is 0.323 e. The van der Waals surface area contributed by atoms with Crippen molar-refractivity contribution in [3.05, 3.63) is 0 Å². The minimum atomic E-state index is -0.724. The first kappa shape index (κ1) is 16.4. The van der Waals surface area contributed by atoms with Crippen molar-refractivity contribution >= 4 is 5.97 Å². The van der Waals surface area contributed by atoms with Gasteiger partial charge in [0.05, 0.1) is 0 Å². The van der Waals surface area contributed by atoms with Crippen LogP contribution in [0.4, 0.5) is 0 Å². The Hall–Kier alpha value is -0.570. The number of aliphatic carboxylic acids is 1. The minimum Gasteiger partial charge on any atom is -0.480 e. The van der Waals surface area contributed by atoms with E-state index in [-0.39, 0.29) is 6.04 Å². The summed E-state index contributed by atoms with van der Waals surface area (Å²) in [6.45, 7) is 10.5. The molecule has 3 heteroatoms. The highest BCUT2D eigenvalue weighted by Gasteiger charge is 2.37. The maximum atomic E-state index is 11.6. The molecule has 0 fully saturated rings. The normalized spacial score (nSPS) is 14.0. The van der Waals surface area contributed by atoms with Crippen LogP contribution in [0.25, 0.3) is 0 Å². The Morgan fingerprint density at radius 3 is 1.94 bits per heavy atom.